The molecule has 7 heteroatoms. The Morgan fingerprint density at radius 1 is 1.25 bits per heavy atom. The maximum absolute atomic E-state index is 11.1. The van der Waals surface area contributed by atoms with E-state index in [1.807, 2.05) is 0 Å². The van der Waals surface area contributed by atoms with Gasteiger partial charge in [0, 0.05) is 45.7 Å². The molecule has 1 atom stereocenters. The number of guanidine groups is 1. The zero-order valence-electron chi connectivity index (χ0n) is 15.6. The molecule has 140 valence electrons. The summed E-state index contributed by atoms with van der Waals surface area (Å²) in [5, 5.41) is 6.73. The van der Waals surface area contributed by atoms with Crippen molar-refractivity contribution in [1.82, 2.24) is 15.5 Å². The summed E-state index contributed by atoms with van der Waals surface area (Å²) >= 11 is 0. The molecule has 2 N–H and O–H groups in total. The topological polar surface area (TPSA) is 75.2 Å². The molecule has 0 spiro atoms. The second-order valence-electron chi connectivity index (χ2n) is 6.37. The standard InChI is InChI=1S/C17H34N4O3/c1-14(2)15(21-9-11-24-12-10-21)13-20-17(18-3)19-8-6-5-7-16(22)23-4/h14-15H,5-13H2,1-4H3,(H2,18,19,20). The number of carbonyl (C=O) groups excluding carboxylic acids is 1. The van der Waals surface area contributed by atoms with Crippen LogP contribution in [0.25, 0.3) is 0 Å². The van der Waals surface area contributed by atoms with Crippen LogP contribution in [0.15, 0.2) is 4.99 Å². The van der Waals surface area contributed by atoms with Crippen molar-refractivity contribution in [3.05, 3.63) is 0 Å². The summed E-state index contributed by atoms with van der Waals surface area (Å²) in [5.41, 5.74) is 0. The highest BCUT2D eigenvalue weighted by Crippen LogP contribution is 2.12. The molecule has 1 heterocycles. The molecule has 0 saturated carbocycles. The van der Waals surface area contributed by atoms with E-state index in [9.17, 15) is 4.79 Å². The first-order chi connectivity index (χ1) is 11.6. The number of ether oxygens (including phenoxy) is 2. The van der Waals surface area contributed by atoms with Gasteiger partial charge in [-0.05, 0) is 18.8 Å². The van der Waals surface area contributed by atoms with Crippen LogP contribution in [-0.2, 0) is 14.3 Å². The Morgan fingerprint density at radius 3 is 2.54 bits per heavy atom. The summed E-state index contributed by atoms with van der Waals surface area (Å²) < 4.78 is 10.1. The van der Waals surface area contributed by atoms with Gasteiger partial charge < -0.3 is 20.1 Å². The lowest BCUT2D eigenvalue weighted by Gasteiger charge is -2.37. The van der Waals surface area contributed by atoms with E-state index >= 15 is 0 Å². The molecule has 1 fully saturated rings. The normalized spacial score (nSPS) is 17.6. The lowest BCUT2D eigenvalue weighted by atomic mass is 10.0. The Morgan fingerprint density at radius 2 is 1.96 bits per heavy atom. The summed E-state index contributed by atoms with van der Waals surface area (Å²) in [5.74, 6) is 1.23. The monoisotopic (exact) mass is 342 g/mol. The van der Waals surface area contributed by atoms with Gasteiger partial charge in [-0.2, -0.15) is 0 Å². The zero-order valence-corrected chi connectivity index (χ0v) is 15.6. The predicted molar refractivity (Wildman–Crippen MR) is 96.2 cm³/mol. The number of hydrogen-bond acceptors (Lipinski definition) is 5. The molecule has 0 amide bonds. The molecule has 1 saturated heterocycles. The summed E-state index contributed by atoms with van der Waals surface area (Å²) in [6, 6.07) is 0.465. The Balaban J connectivity index is 2.29. The van der Waals surface area contributed by atoms with Crippen molar-refractivity contribution in [3.8, 4) is 0 Å². The molecule has 0 bridgehead atoms. The smallest absolute Gasteiger partial charge is 0.305 e. The minimum atomic E-state index is -0.150. The van der Waals surface area contributed by atoms with Gasteiger partial charge in [0.1, 0.15) is 0 Å². The van der Waals surface area contributed by atoms with Crippen molar-refractivity contribution in [2.75, 3.05) is 53.6 Å². The fourth-order valence-corrected chi connectivity index (χ4v) is 2.82. The molecule has 0 aromatic rings. The van der Waals surface area contributed by atoms with E-state index in [-0.39, 0.29) is 5.97 Å². The third kappa shape index (κ3) is 7.97. The highest BCUT2D eigenvalue weighted by atomic mass is 16.5. The first kappa shape index (κ1) is 20.7. The molecule has 1 unspecified atom stereocenters. The largest absolute Gasteiger partial charge is 0.469 e. The van der Waals surface area contributed by atoms with Gasteiger partial charge in [0.2, 0.25) is 0 Å². The molecular weight excluding hydrogens is 308 g/mol. The second-order valence-corrected chi connectivity index (χ2v) is 6.37. The Hall–Kier alpha value is -1.34. The minimum absolute atomic E-state index is 0.150. The number of nitrogens with zero attached hydrogens (tertiary/aromatic N) is 2. The highest BCUT2D eigenvalue weighted by molar-refractivity contribution is 5.79. The Bertz CT molecular complexity index is 382. The molecule has 0 aliphatic carbocycles. The van der Waals surface area contributed by atoms with Gasteiger partial charge in [-0.25, -0.2) is 0 Å². The third-order valence-electron chi connectivity index (χ3n) is 4.31. The molecule has 24 heavy (non-hydrogen) atoms. The van der Waals surface area contributed by atoms with Crippen molar-refractivity contribution in [1.29, 1.82) is 0 Å². The molecule has 1 rings (SSSR count). The fourth-order valence-electron chi connectivity index (χ4n) is 2.82. The van der Waals surface area contributed by atoms with Gasteiger partial charge in [0.25, 0.3) is 0 Å². The van der Waals surface area contributed by atoms with Crippen LogP contribution in [0.4, 0.5) is 0 Å². The van der Waals surface area contributed by atoms with Gasteiger partial charge in [0.15, 0.2) is 5.96 Å². The molecule has 7 nitrogen and oxygen atoms in total. The van der Waals surface area contributed by atoms with Crippen LogP contribution >= 0.6 is 0 Å². The number of morpholine rings is 1. The summed E-state index contributed by atoms with van der Waals surface area (Å²) in [4.78, 5) is 17.8. The molecule has 0 aromatic heterocycles. The number of carbonyl (C=O) groups is 1. The fraction of sp³-hybridized carbons (Fsp3) is 0.882. The quantitative estimate of drug-likeness (QED) is 0.280. The zero-order chi connectivity index (χ0) is 17.8. The molecule has 1 aliphatic heterocycles. The predicted octanol–water partition coefficient (Wildman–Crippen LogP) is 0.852. The van der Waals surface area contributed by atoms with E-state index in [0.717, 1.165) is 58.2 Å². The molecular formula is C17H34N4O3. The molecule has 0 aromatic carbocycles. The lowest BCUT2D eigenvalue weighted by Crippen LogP contribution is -2.52. The van der Waals surface area contributed by atoms with Crippen molar-refractivity contribution in [3.63, 3.8) is 0 Å². The van der Waals surface area contributed by atoms with Crippen molar-refractivity contribution in [2.45, 2.75) is 39.2 Å². The van der Waals surface area contributed by atoms with Crippen LogP contribution < -0.4 is 10.6 Å². The number of hydrogen-bond donors (Lipinski definition) is 2. The van der Waals surface area contributed by atoms with Crippen LogP contribution in [0.5, 0.6) is 0 Å². The van der Waals surface area contributed by atoms with Crippen molar-refractivity contribution < 1.29 is 14.3 Å². The van der Waals surface area contributed by atoms with Gasteiger partial charge in [-0.1, -0.05) is 13.8 Å². The first-order valence-electron chi connectivity index (χ1n) is 8.91. The average Bonchev–Trinajstić information content (AvgIpc) is 2.60. The Kier molecular flexibility index (Phi) is 10.4. The van der Waals surface area contributed by atoms with E-state index in [1.165, 1.54) is 7.11 Å². The Labute approximate surface area is 146 Å². The summed E-state index contributed by atoms with van der Waals surface area (Å²) in [6.07, 6.45) is 2.20. The summed E-state index contributed by atoms with van der Waals surface area (Å²) in [7, 11) is 3.20. The van der Waals surface area contributed by atoms with Crippen LogP contribution in [0, 0.1) is 5.92 Å². The maximum atomic E-state index is 11.1. The van der Waals surface area contributed by atoms with E-state index in [0.29, 0.717) is 18.4 Å². The SMILES string of the molecule is CN=C(NCCCCC(=O)OC)NCC(C(C)C)N1CCOCC1. The van der Waals surface area contributed by atoms with Gasteiger partial charge in [-0.15, -0.1) is 0 Å². The van der Waals surface area contributed by atoms with Gasteiger partial charge in [0.05, 0.1) is 20.3 Å². The van der Waals surface area contributed by atoms with Gasteiger partial charge >= 0.3 is 5.97 Å². The van der Waals surface area contributed by atoms with Crippen LogP contribution in [-0.4, -0.2) is 76.4 Å². The number of nitrogens with one attached hydrogen (secondary N) is 2. The van der Waals surface area contributed by atoms with E-state index in [1.54, 1.807) is 7.05 Å². The number of esters is 1. The van der Waals surface area contributed by atoms with Crippen molar-refractivity contribution in [2.24, 2.45) is 10.9 Å². The lowest BCUT2D eigenvalue weighted by molar-refractivity contribution is -0.140. The van der Waals surface area contributed by atoms with E-state index < -0.39 is 0 Å². The average molecular weight is 342 g/mol. The van der Waals surface area contributed by atoms with Crippen molar-refractivity contribution >= 4 is 11.9 Å². The van der Waals surface area contributed by atoms with E-state index in [4.69, 9.17) is 4.74 Å². The third-order valence-corrected chi connectivity index (χ3v) is 4.31. The van der Waals surface area contributed by atoms with Crippen LogP contribution in [0.3, 0.4) is 0 Å². The number of rotatable bonds is 9. The number of aliphatic imine (C=N–C) groups is 1. The van der Waals surface area contributed by atoms with Crippen LogP contribution in [0.2, 0.25) is 0 Å². The molecule has 0 radical (unpaired) electrons. The second kappa shape index (κ2) is 12.1. The van der Waals surface area contributed by atoms with E-state index in [2.05, 4.69) is 39.1 Å². The van der Waals surface area contributed by atoms with Crippen LogP contribution in [0.1, 0.15) is 33.1 Å². The highest BCUT2D eigenvalue weighted by Gasteiger charge is 2.23. The summed E-state index contributed by atoms with van der Waals surface area (Å²) in [6.45, 7) is 9.77. The molecule has 1 aliphatic rings. The number of methoxy groups -OCH3 is 1. The maximum Gasteiger partial charge on any atom is 0.305 e. The first-order valence-corrected chi connectivity index (χ1v) is 8.91. The minimum Gasteiger partial charge on any atom is -0.469 e. The number of unbranched alkanes of at least 4 members (excludes halogenated alkanes) is 1. The van der Waals surface area contributed by atoms with Gasteiger partial charge in [-0.3, -0.25) is 14.7 Å².